The van der Waals surface area contributed by atoms with Crippen molar-refractivity contribution in [3.8, 4) is 0 Å². The van der Waals surface area contributed by atoms with Gasteiger partial charge in [-0.2, -0.15) is 0 Å². The minimum Gasteiger partial charge on any atom is -0.417 e. The largest absolute Gasteiger partial charge is 0.417 e. The van der Waals surface area contributed by atoms with Gasteiger partial charge in [0.25, 0.3) is 0 Å². The van der Waals surface area contributed by atoms with E-state index in [1.807, 2.05) is 0 Å². The fourth-order valence-corrected chi connectivity index (χ4v) is 2.39. The van der Waals surface area contributed by atoms with Gasteiger partial charge in [-0.1, -0.05) is 20.8 Å². The average Bonchev–Trinajstić information content (AvgIpc) is 2.93. The monoisotopic (exact) mass is 246 g/mol. The Morgan fingerprint density at radius 3 is 2.44 bits per heavy atom. The highest BCUT2D eigenvalue weighted by atomic mass is 28.4. The third-order valence-corrected chi connectivity index (χ3v) is 8.24. The van der Waals surface area contributed by atoms with E-state index in [1.165, 1.54) is 0 Å². The van der Waals surface area contributed by atoms with Gasteiger partial charge < -0.3 is 14.3 Å². The molecule has 1 aliphatic heterocycles. The van der Waals surface area contributed by atoms with Crippen molar-refractivity contribution in [3.63, 3.8) is 0 Å². The fraction of sp³-hybridized carbons (Fsp3) is 1.00. The molecule has 0 amide bonds. The second-order valence-electron chi connectivity index (χ2n) is 6.19. The van der Waals surface area contributed by atoms with Crippen LogP contribution in [0.3, 0.4) is 0 Å². The van der Waals surface area contributed by atoms with Crippen LogP contribution in [-0.2, 0) is 9.16 Å². The summed E-state index contributed by atoms with van der Waals surface area (Å²) in [6.07, 6.45) is 1.53. The maximum Gasteiger partial charge on any atom is 0.191 e. The highest BCUT2D eigenvalue weighted by molar-refractivity contribution is 6.74. The first-order valence-electron chi connectivity index (χ1n) is 6.18. The standard InChI is InChI=1S/C12H26O3Si/c1-12(2,3)16(4,5)15-8-6-7-10(13)11-9-14-11/h10-11,13H,6-9H2,1-5H3/t10-,11-/m0/s1. The summed E-state index contributed by atoms with van der Waals surface area (Å²) in [5, 5.41) is 9.88. The molecule has 3 nitrogen and oxygen atoms in total. The molecule has 1 N–H and O–H groups in total. The van der Waals surface area contributed by atoms with E-state index < -0.39 is 8.32 Å². The molecule has 1 saturated heterocycles. The summed E-state index contributed by atoms with van der Waals surface area (Å²) in [5.74, 6) is 0. The molecule has 0 unspecified atom stereocenters. The molecule has 1 rings (SSSR count). The lowest BCUT2D eigenvalue weighted by Crippen LogP contribution is -2.41. The zero-order chi connectivity index (χ0) is 12.4. The maximum absolute atomic E-state index is 9.61. The first-order valence-corrected chi connectivity index (χ1v) is 9.08. The molecule has 1 aliphatic rings. The topological polar surface area (TPSA) is 42.0 Å². The van der Waals surface area contributed by atoms with Gasteiger partial charge in [-0.05, 0) is 31.0 Å². The predicted octanol–water partition coefficient (Wildman–Crippen LogP) is 2.55. The summed E-state index contributed by atoms with van der Waals surface area (Å²) in [7, 11) is -1.60. The molecule has 4 heteroatoms. The minimum atomic E-state index is -1.60. The molecule has 0 radical (unpaired) electrons. The summed E-state index contributed by atoms with van der Waals surface area (Å²) < 4.78 is 11.1. The van der Waals surface area contributed by atoms with Gasteiger partial charge in [0.2, 0.25) is 0 Å². The number of aliphatic hydroxyl groups is 1. The molecule has 0 aromatic carbocycles. The van der Waals surface area contributed by atoms with Crippen LogP contribution in [0.25, 0.3) is 0 Å². The Kier molecular flexibility index (Phi) is 4.57. The van der Waals surface area contributed by atoms with Gasteiger partial charge in [0.05, 0.1) is 12.7 Å². The fourth-order valence-electron chi connectivity index (χ4n) is 1.30. The van der Waals surface area contributed by atoms with Gasteiger partial charge in [-0.25, -0.2) is 0 Å². The molecule has 1 heterocycles. The van der Waals surface area contributed by atoms with Gasteiger partial charge in [-0.3, -0.25) is 0 Å². The van der Waals surface area contributed by atoms with Crippen molar-refractivity contribution in [3.05, 3.63) is 0 Å². The van der Waals surface area contributed by atoms with Crippen LogP contribution < -0.4 is 0 Å². The third kappa shape index (κ3) is 4.16. The van der Waals surface area contributed by atoms with Crippen LogP contribution in [0.2, 0.25) is 18.1 Å². The molecule has 0 saturated carbocycles. The van der Waals surface area contributed by atoms with E-state index in [-0.39, 0.29) is 17.2 Å². The molecule has 0 aliphatic carbocycles. The SMILES string of the molecule is CC(C)(C)[Si](C)(C)OCCC[C@H](O)[C@@H]1CO1. The number of epoxide rings is 1. The lowest BCUT2D eigenvalue weighted by Gasteiger charge is -2.36. The smallest absolute Gasteiger partial charge is 0.191 e. The van der Waals surface area contributed by atoms with E-state index in [0.717, 1.165) is 26.1 Å². The second kappa shape index (κ2) is 5.17. The Hall–Kier alpha value is 0.0969. The normalized spacial score (nSPS) is 23.2. The highest BCUT2D eigenvalue weighted by Gasteiger charge is 2.37. The molecule has 0 aromatic rings. The predicted molar refractivity (Wildman–Crippen MR) is 68.1 cm³/mol. The summed E-state index contributed by atoms with van der Waals surface area (Å²) in [6.45, 7) is 12.7. The van der Waals surface area contributed by atoms with Crippen molar-refractivity contribution in [2.45, 2.75) is 64.0 Å². The van der Waals surface area contributed by atoms with Crippen LogP contribution in [0.1, 0.15) is 33.6 Å². The van der Waals surface area contributed by atoms with Gasteiger partial charge in [0, 0.05) is 6.61 Å². The summed E-state index contributed by atoms with van der Waals surface area (Å²) >= 11 is 0. The molecule has 0 bridgehead atoms. The van der Waals surface area contributed by atoms with Crippen LogP contribution in [0.5, 0.6) is 0 Å². The van der Waals surface area contributed by atoms with Crippen LogP contribution >= 0.6 is 0 Å². The number of hydrogen-bond donors (Lipinski definition) is 1. The average molecular weight is 246 g/mol. The highest BCUT2D eigenvalue weighted by Crippen LogP contribution is 2.36. The second-order valence-corrected chi connectivity index (χ2v) is 11.0. The van der Waals surface area contributed by atoms with Crippen molar-refractivity contribution >= 4 is 8.32 Å². The van der Waals surface area contributed by atoms with Gasteiger partial charge in [0.1, 0.15) is 6.10 Å². The van der Waals surface area contributed by atoms with E-state index in [2.05, 4.69) is 33.9 Å². The van der Waals surface area contributed by atoms with E-state index in [0.29, 0.717) is 0 Å². The van der Waals surface area contributed by atoms with Crippen molar-refractivity contribution in [2.75, 3.05) is 13.2 Å². The molecule has 2 atom stereocenters. The molecule has 96 valence electrons. The van der Waals surface area contributed by atoms with E-state index in [1.54, 1.807) is 0 Å². The lowest BCUT2D eigenvalue weighted by atomic mass is 10.1. The summed E-state index contributed by atoms with van der Waals surface area (Å²) in [4.78, 5) is 0. The van der Waals surface area contributed by atoms with E-state index >= 15 is 0 Å². The Labute approximate surface area is 100 Å². The molecular formula is C12H26O3Si. The number of rotatable bonds is 6. The quantitative estimate of drug-likeness (QED) is 0.445. The van der Waals surface area contributed by atoms with Crippen LogP contribution in [-0.4, -0.2) is 38.8 Å². The number of aliphatic hydroxyl groups excluding tert-OH is 1. The Bertz CT molecular complexity index is 219. The van der Waals surface area contributed by atoms with Gasteiger partial charge in [0.15, 0.2) is 8.32 Å². The Balaban J connectivity index is 2.14. The molecular weight excluding hydrogens is 220 g/mol. The van der Waals surface area contributed by atoms with E-state index in [9.17, 15) is 5.11 Å². The van der Waals surface area contributed by atoms with Gasteiger partial charge in [-0.15, -0.1) is 0 Å². The van der Waals surface area contributed by atoms with Crippen molar-refractivity contribution in [2.24, 2.45) is 0 Å². The van der Waals surface area contributed by atoms with E-state index in [4.69, 9.17) is 9.16 Å². The third-order valence-electron chi connectivity index (χ3n) is 3.70. The van der Waals surface area contributed by atoms with Crippen molar-refractivity contribution in [1.82, 2.24) is 0 Å². The summed E-state index contributed by atoms with van der Waals surface area (Å²) in [6, 6.07) is 0. The molecule has 0 aromatic heterocycles. The molecule has 1 fully saturated rings. The van der Waals surface area contributed by atoms with Crippen LogP contribution in [0, 0.1) is 0 Å². The molecule has 16 heavy (non-hydrogen) atoms. The Morgan fingerprint density at radius 2 is 2.00 bits per heavy atom. The summed E-state index contributed by atoms with van der Waals surface area (Å²) in [5.41, 5.74) is 0. The van der Waals surface area contributed by atoms with Crippen molar-refractivity contribution in [1.29, 1.82) is 0 Å². The first-order chi connectivity index (χ1) is 7.24. The van der Waals surface area contributed by atoms with Crippen molar-refractivity contribution < 1.29 is 14.3 Å². The molecule has 0 spiro atoms. The number of ether oxygens (including phenoxy) is 1. The maximum atomic E-state index is 9.61. The number of hydrogen-bond acceptors (Lipinski definition) is 3. The Morgan fingerprint density at radius 1 is 1.44 bits per heavy atom. The zero-order valence-electron chi connectivity index (χ0n) is 11.2. The lowest BCUT2D eigenvalue weighted by molar-refractivity contribution is 0.117. The first kappa shape index (κ1) is 14.2. The van der Waals surface area contributed by atoms with Gasteiger partial charge >= 0.3 is 0 Å². The van der Waals surface area contributed by atoms with Crippen LogP contribution in [0.4, 0.5) is 0 Å². The zero-order valence-corrected chi connectivity index (χ0v) is 12.2. The minimum absolute atomic E-state index is 0.105. The van der Waals surface area contributed by atoms with Crippen LogP contribution in [0.15, 0.2) is 0 Å².